The van der Waals surface area contributed by atoms with Crippen molar-refractivity contribution < 1.29 is 28.7 Å². The first-order valence-electron chi connectivity index (χ1n) is 8.95. The quantitative estimate of drug-likeness (QED) is 0.550. The van der Waals surface area contributed by atoms with E-state index in [4.69, 9.17) is 4.74 Å². The van der Waals surface area contributed by atoms with E-state index in [-0.39, 0.29) is 28.7 Å². The molecule has 0 aliphatic heterocycles. The summed E-state index contributed by atoms with van der Waals surface area (Å²) < 4.78 is 9.69. The lowest BCUT2D eigenvalue weighted by Crippen LogP contribution is -2.25. The molecule has 154 valence electrons. The fraction of sp³-hybridized carbons (Fsp3) is 0.300. The van der Waals surface area contributed by atoms with E-state index in [9.17, 15) is 19.2 Å². The van der Waals surface area contributed by atoms with E-state index in [2.05, 4.69) is 15.4 Å². The highest BCUT2D eigenvalue weighted by molar-refractivity contribution is 7.19. The van der Waals surface area contributed by atoms with E-state index in [0.717, 1.165) is 16.9 Å². The first kappa shape index (κ1) is 22.1. The summed E-state index contributed by atoms with van der Waals surface area (Å²) in [5.74, 6) is -3.27. The number of ether oxygens (including phenoxy) is 2. The Hall–Kier alpha value is -3.20. The van der Waals surface area contributed by atoms with Gasteiger partial charge in [0, 0.05) is 5.69 Å². The van der Waals surface area contributed by atoms with E-state index >= 15 is 0 Å². The number of esters is 2. The van der Waals surface area contributed by atoms with Crippen molar-refractivity contribution in [1.29, 1.82) is 0 Å². The molecule has 2 amide bonds. The largest absolute Gasteiger partial charge is 0.462 e. The van der Waals surface area contributed by atoms with Crippen molar-refractivity contribution in [2.24, 2.45) is 0 Å². The van der Waals surface area contributed by atoms with Crippen molar-refractivity contribution in [1.82, 2.24) is 0 Å². The molecule has 2 rings (SSSR count). The van der Waals surface area contributed by atoms with Gasteiger partial charge in [0.05, 0.1) is 23.7 Å². The number of carbonyl (C=O) groups is 4. The van der Waals surface area contributed by atoms with Crippen LogP contribution in [0.15, 0.2) is 24.3 Å². The molecule has 8 nitrogen and oxygen atoms in total. The van der Waals surface area contributed by atoms with E-state index in [0.29, 0.717) is 11.3 Å². The first-order chi connectivity index (χ1) is 13.8. The Balaban J connectivity index is 2.37. The van der Waals surface area contributed by atoms with E-state index in [1.54, 1.807) is 39.0 Å². The summed E-state index contributed by atoms with van der Waals surface area (Å²) >= 11 is 0.883. The van der Waals surface area contributed by atoms with E-state index in [1.807, 2.05) is 13.0 Å². The monoisotopic (exact) mass is 418 g/mol. The SMILES string of the molecule is CCOC(=O)C(=O)Nc1sc(C(=O)Nc2cccc(C)c2)c(C)c1C(=O)OCC. The molecule has 9 heteroatoms. The van der Waals surface area contributed by atoms with Gasteiger partial charge >= 0.3 is 17.8 Å². The molecule has 2 N–H and O–H groups in total. The van der Waals surface area contributed by atoms with Crippen molar-refractivity contribution in [3.8, 4) is 0 Å². The number of thiophene rings is 1. The smallest absolute Gasteiger partial charge is 0.397 e. The molecule has 2 aromatic rings. The van der Waals surface area contributed by atoms with Crippen LogP contribution in [0.3, 0.4) is 0 Å². The molecule has 0 unspecified atom stereocenters. The number of hydrogen-bond acceptors (Lipinski definition) is 7. The standard InChI is InChI=1S/C20H22N2O6S/c1-5-27-19(25)14-12(4)15(16(23)21-13-9-7-8-11(3)10-13)29-18(14)22-17(24)20(26)28-6-2/h7-10H,5-6H2,1-4H3,(H,21,23)(H,22,24). The zero-order valence-electron chi connectivity index (χ0n) is 16.6. The number of anilines is 2. The van der Waals surface area contributed by atoms with Gasteiger partial charge in [-0.2, -0.15) is 0 Å². The third-order valence-electron chi connectivity index (χ3n) is 3.80. The van der Waals surface area contributed by atoms with E-state index in [1.165, 1.54) is 0 Å². The third-order valence-corrected chi connectivity index (χ3v) is 5.00. The van der Waals surface area contributed by atoms with Gasteiger partial charge in [-0.25, -0.2) is 9.59 Å². The summed E-state index contributed by atoms with van der Waals surface area (Å²) in [7, 11) is 0. The van der Waals surface area contributed by atoms with Crippen molar-refractivity contribution in [2.75, 3.05) is 23.8 Å². The third kappa shape index (κ3) is 5.41. The van der Waals surface area contributed by atoms with Gasteiger partial charge in [-0.05, 0) is 51.0 Å². The molecular formula is C20H22N2O6S. The Labute approximate surface area is 172 Å². The molecule has 0 bridgehead atoms. The van der Waals surface area contributed by atoms with Crippen LogP contribution in [0.4, 0.5) is 10.7 Å². The summed E-state index contributed by atoms with van der Waals surface area (Å²) in [4.78, 5) is 49.0. The fourth-order valence-electron chi connectivity index (χ4n) is 2.53. The van der Waals surface area contributed by atoms with Crippen LogP contribution in [0.1, 0.15) is 45.0 Å². The Morgan fingerprint density at radius 2 is 1.69 bits per heavy atom. The van der Waals surface area contributed by atoms with E-state index < -0.39 is 23.8 Å². The van der Waals surface area contributed by atoms with Crippen LogP contribution in [0.5, 0.6) is 0 Å². The number of rotatable bonds is 6. The second-order valence-corrected chi connectivity index (χ2v) is 7.00. The molecular weight excluding hydrogens is 396 g/mol. The van der Waals surface area contributed by atoms with Crippen LogP contribution in [-0.2, 0) is 19.1 Å². The lowest BCUT2D eigenvalue weighted by atomic mass is 10.1. The lowest BCUT2D eigenvalue weighted by Gasteiger charge is -2.07. The first-order valence-corrected chi connectivity index (χ1v) is 9.76. The molecule has 1 aromatic carbocycles. The lowest BCUT2D eigenvalue weighted by molar-refractivity contribution is -0.152. The Bertz CT molecular complexity index is 950. The molecule has 0 aliphatic carbocycles. The zero-order valence-corrected chi connectivity index (χ0v) is 17.4. The van der Waals surface area contributed by atoms with Gasteiger partial charge in [-0.3, -0.25) is 9.59 Å². The highest BCUT2D eigenvalue weighted by atomic mass is 32.1. The maximum absolute atomic E-state index is 12.8. The van der Waals surface area contributed by atoms with Crippen molar-refractivity contribution in [3.05, 3.63) is 45.8 Å². The minimum atomic E-state index is -1.08. The van der Waals surface area contributed by atoms with Crippen LogP contribution in [0, 0.1) is 13.8 Å². The molecule has 0 atom stereocenters. The van der Waals surface area contributed by atoms with Crippen LogP contribution in [0.2, 0.25) is 0 Å². The summed E-state index contributed by atoms with van der Waals surface area (Å²) in [6.07, 6.45) is 0. The van der Waals surface area contributed by atoms with Gasteiger partial charge in [-0.15, -0.1) is 11.3 Å². The normalized spacial score (nSPS) is 10.2. The van der Waals surface area contributed by atoms with Crippen LogP contribution < -0.4 is 10.6 Å². The summed E-state index contributed by atoms with van der Waals surface area (Å²) in [6, 6.07) is 7.25. The molecule has 0 aliphatic rings. The van der Waals surface area contributed by atoms with Crippen molar-refractivity contribution in [2.45, 2.75) is 27.7 Å². The molecule has 1 heterocycles. The molecule has 0 fully saturated rings. The fourth-order valence-corrected chi connectivity index (χ4v) is 3.61. The Morgan fingerprint density at radius 1 is 1.00 bits per heavy atom. The number of benzene rings is 1. The molecule has 0 radical (unpaired) electrons. The van der Waals surface area contributed by atoms with Gasteiger partial charge in [0.15, 0.2) is 0 Å². The molecule has 1 aromatic heterocycles. The maximum Gasteiger partial charge on any atom is 0.397 e. The summed E-state index contributed by atoms with van der Waals surface area (Å²) in [5, 5.41) is 5.16. The molecule has 29 heavy (non-hydrogen) atoms. The minimum absolute atomic E-state index is 0.0314. The topological polar surface area (TPSA) is 111 Å². The highest BCUT2D eigenvalue weighted by Gasteiger charge is 2.28. The highest BCUT2D eigenvalue weighted by Crippen LogP contribution is 2.34. The number of nitrogens with one attached hydrogen (secondary N) is 2. The number of amides is 2. The average Bonchev–Trinajstić information content (AvgIpc) is 2.98. The van der Waals surface area contributed by atoms with Gasteiger partial charge in [0.25, 0.3) is 5.91 Å². The van der Waals surface area contributed by atoms with Crippen LogP contribution in [0.25, 0.3) is 0 Å². The molecule has 0 saturated carbocycles. The minimum Gasteiger partial charge on any atom is -0.462 e. The van der Waals surface area contributed by atoms with Gasteiger partial charge in [0.2, 0.25) is 0 Å². The predicted octanol–water partition coefficient (Wildman–Crippen LogP) is 3.30. The zero-order chi connectivity index (χ0) is 21.6. The maximum atomic E-state index is 12.8. The predicted molar refractivity (Wildman–Crippen MR) is 109 cm³/mol. The van der Waals surface area contributed by atoms with Crippen LogP contribution >= 0.6 is 11.3 Å². The Morgan fingerprint density at radius 3 is 2.31 bits per heavy atom. The Kier molecular flexibility index (Phi) is 7.49. The van der Waals surface area contributed by atoms with Crippen molar-refractivity contribution in [3.63, 3.8) is 0 Å². The van der Waals surface area contributed by atoms with Gasteiger partial charge in [0.1, 0.15) is 5.00 Å². The van der Waals surface area contributed by atoms with Crippen LogP contribution in [-0.4, -0.2) is 37.0 Å². The van der Waals surface area contributed by atoms with Crippen molar-refractivity contribution >= 4 is 45.8 Å². The van der Waals surface area contributed by atoms with Gasteiger partial charge < -0.3 is 20.1 Å². The second-order valence-electron chi connectivity index (χ2n) is 5.98. The summed E-state index contributed by atoms with van der Waals surface area (Å²) in [5.41, 5.74) is 1.94. The average molecular weight is 418 g/mol. The summed E-state index contributed by atoms with van der Waals surface area (Å²) in [6.45, 7) is 6.83. The molecule has 0 spiro atoms. The second kappa shape index (κ2) is 9.83. The number of aryl methyl sites for hydroxylation is 1. The number of hydrogen-bond donors (Lipinski definition) is 2. The van der Waals surface area contributed by atoms with Gasteiger partial charge in [-0.1, -0.05) is 12.1 Å². The number of carbonyl (C=O) groups excluding carboxylic acids is 4. The molecule has 0 saturated heterocycles.